The molecule has 4 aromatic rings. The van der Waals surface area contributed by atoms with Crippen LogP contribution in [-0.4, -0.2) is 11.0 Å². The number of halogens is 5. The van der Waals surface area contributed by atoms with Crippen LogP contribution in [0.15, 0.2) is 65.7 Å². The summed E-state index contributed by atoms with van der Waals surface area (Å²) in [5.41, 5.74) is 2.31. The van der Waals surface area contributed by atoms with Gasteiger partial charge in [-0.3, -0.25) is 3.97 Å². The third kappa shape index (κ3) is 4.91. The highest BCUT2D eigenvalue weighted by atomic mass is 32.2. The molecule has 0 amide bonds. The SMILES string of the molecule is CNCc1cn(Sc2cccc(C(F)(F)F)c2)c2cc(Cc3ccc(C)c(F)c3F)ccc12. The second-order valence-electron chi connectivity index (χ2n) is 7.83. The smallest absolute Gasteiger partial charge is 0.316 e. The molecule has 0 saturated carbocycles. The lowest BCUT2D eigenvalue weighted by Gasteiger charge is -2.10. The Labute approximate surface area is 192 Å². The van der Waals surface area contributed by atoms with Crippen molar-refractivity contribution >= 4 is 22.9 Å². The first-order valence-corrected chi connectivity index (χ1v) is 11.0. The van der Waals surface area contributed by atoms with Gasteiger partial charge < -0.3 is 5.32 Å². The van der Waals surface area contributed by atoms with E-state index < -0.39 is 23.4 Å². The molecule has 1 heterocycles. The second-order valence-corrected chi connectivity index (χ2v) is 8.87. The van der Waals surface area contributed by atoms with E-state index in [9.17, 15) is 22.0 Å². The van der Waals surface area contributed by atoms with Gasteiger partial charge in [-0.15, -0.1) is 0 Å². The number of rotatable bonds is 6. The Morgan fingerprint density at radius 3 is 2.45 bits per heavy atom. The molecule has 0 radical (unpaired) electrons. The molecule has 0 aliphatic heterocycles. The largest absolute Gasteiger partial charge is 0.416 e. The molecule has 0 saturated heterocycles. The van der Waals surface area contributed by atoms with E-state index in [1.807, 2.05) is 35.4 Å². The van der Waals surface area contributed by atoms with E-state index in [0.29, 0.717) is 11.4 Å². The Morgan fingerprint density at radius 1 is 0.939 bits per heavy atom. The third-order valence-electron chi connectivity index (χ3n) is 5.40. The van der Waals surface area contributed by atoms with Crippen molar-refractivity contribution in [2.24, 2.45) is 0 Å². The van der Waals surface area contributed by atoms with Crippen LogP contribution < -0.4 is 5.32 Å². The molecule has 0 aliphatic rings. The quantitative estimate of drug-likeness (QED) is 0.299. The standard InChI is InChI=1S/C25H21F5N2S/c1-15-6-8-17(24(27)23(15)26)10-16-7-9-21-18(13-31-2)14-32(22(21)11-16)33-20-5-3-4-19(12-20)25(28,29)30/h3-9,11-12,14,31H,10,13H2,1-2H3. The first kappa shape index (κ1) is 23.3. The number of nitrogens with zero attached hydrogens (tertiary/aromatic N) is 1. The van der Waals surface area contributed by atoms with Crippen molar-refractivity contribution in [3.63, 3.8) is 0 Å². The molecule has 0 fully saturated rings. The fourth-order valence-electron chi connectivity index (χ4n) is 3.71. The van der Waals surface area contributed by atoms with Gasteiger partial charge in [0.1, 0.15) is 0 Å². The molecule has 0 unspecified atom stereocenters. The number of hydrogen-bond acceptors (Lipinski definition) is 2. The van der Waals surface area contributed by atoms with Gasteiger partial charge in [0.25, 0.3) is 0 Å². The van der Waals surface area contributed by atoms with Gasteiger partial charge in [-0.05, 0) is 72.4 Å². The van der Waals surface area contributed by atoms with Crippen LogP contribution in [0.1, 0.15) is 27.8 Å². The molecule has 0 atom stereocenters. The molecule has 4 rings (SSSR count). The van der Waals surface area contributed by atoms with E-state index in [0.717, 1.165) is 34.2 Å². The summed E-state index contributed by atoms with van der Waals surface area (Å²) in [6.45, 7) is 2.08. The predicted molar refractivity (Wildman–Crippen MR) is 121 cm³/mol. The lowest BCUT2D eigenvalue weighted by Crippen LogP contribution is -2.04. The summed E-state index contributed by atoms with van der Waals surface area (Å²) >= 11 is 1.17. The minimum atomic E-state index is -4.42. The van der Waals surface area contributed by atoms with Crippen LogP contribution in [0.5, 0.6) is 0 Å². The first-order valence-electron chi connectivity index (χ1n) is 10.2. The minimum Gasteiger partial charge on any atom is -0.316 e. The van der Waals surface area contributed by atoms with Crippen molar-refractivity contribution in [1.82, 2.24) is 9.29 Å². The molecule has 8 heteroatoms. The summed E-state index contributed by atoms with van der Waals surface area (Å²) in [4.78, 5) is 0.440. The van der Waals surface area contributed by atoms with E-state index in [-0.39, 0.29) is 17.5 Å². The summed E-state index contributed by atoms with van der Waals surface area (Å²) in [7, 11) is 1.81. The number of benzene rings is 3. The maximum atomic E-state index is 14.4. The number of hydrogen-bond donors (Lipinski definition) is 1. The molecule has 3 aromatic carbocycles. The highest BCUT2D eigenvalue weighted by Crippen LogP contribution is 2.35. The molecular weight excluding hydrogens is 455 g/mol. The van der Waals surface area contributed by atoms with Crippen LogP contribution in [0.25, 0.3) is 10.9 Å². The van der Waals surface area contributed by atoms with Gasteiger partial charge in [0.05, 0.1) is 11.1 Å². The summed E-state index contributed by atoms with van der Waals surface area (Å²) in [5, 5.41) is 4.03. The molecule has 33 heavy (non-hydrogen) atoms. The summed E-state index contributed by atoms with van der Waals surface area (Å²) in [6.07, 6.45) is -2.35. The number of alkyl halides is 3. The van der Waals surface area contributed by atoms with E-state index in [4.69, 9.17) is 0 Å². The molecular formula is C25H21F5N2S. The van der Waals surface area contributed by atoms with Gasteiger partial charge >= 0.3 is 6.18 Å². The van der Waals surface area contributed by atoms with Gasteiger partial charge in [-0.25, -0.2) is 8.78 Å². The van der Waals surface area contributed by atoms with Crippen molar-refractivity contribution in [1.29, 1.82) is 0 Å². The van der Waals surface area contributed by atoms with Gasteiger partial charge in [0.15, 0.2) is 11.6 Å². The monoisotopic (exact) mass is 476 g/mol. The fourth-order valence-corrected chi connectivity index (χ4v) is 4.69. The number of fused-ring (bicyclic) bond motifs is 1. The molecule has 0 aliphatic carbocycles. The summed E-state index contributed by atoms with van der Waals surface area (Å²) in [5.74, 6) is -1.71. The van der Waals surface area contributed by atoms with Crippen molar-refractivity contribution in [2.45, 2.75) is 31.0 Å². The number of nitrogens with one attached hydrogen (secondary N) is 1. The predicted octanol–water partition coefficient (Wildman–Crippen LogP) is 7.11. The van der Waals surface area contributed by atoms with Gasteiger partial charge in [-0.1, -0.05) is 30.3 Å². The number of aromatic nitrogens is 1. The summed E-state index contributed by atoms with van der Waals surface area (Å²) in [6, 6.07) is 13.9. The van der Waals surface area contributed by atoms with Gasteiger partial charge in [-0.2, -0.15) is 13.2 Å². The minimum absolute atomic E-state index is 0.194. The van der Waals surface area contributed by atoms with Crippen LogP contribution in [0, 0.1) is 18.6 Å². The van der Waals surface area contributed by atoms with E-state index >= 15 is 0 Å². The van der Waals surface area contributed by atoms with Gasteiger partial charge in [0, 0.05) is 29.4 Å². The summed E-state index contributed by atoms with van der Waals surface area (Å²) < 4.78 is 69.6. The topological polar surface area (TPSA) is 17.0 Å². The zero-order valence-corrected chi connectivity index (χ0v) is 18.7. The van der Waals surface area contributed by atoms with Gasteiger partial charge in [0.2, 0.25) is 0 Å². The first-order chi connectivity index (χ1) is 15.7. The normalized spacial score (nSPS) is 12.0. The van der Waals surface area contributed by atoms with Crippen LogP contribution in [0.3, 0.4) is 0 Å². The van der Waals surface area contributed by atoms with Crippen molar-refractivity contribution in [3.8, 4) is 0 Å². The molecule has 172 valence electrons. The molecule has 0 bridgehead atoms. The molecule has 1 aromatic heterocycles. The van der Waals surface area contributed by atoms with Crippen LogP contribution in [0.2, 0.25) is 0 Å². The average Bonchev–Trinajstić information content (AvgIpc) is 3.10. The third-order valence-corrected chi connectivity index (χ3v) is 6.36. The Hall–Kier alpha value is -2.84. The fraction of sp³-hybridized carbons (Fsp3) is 0.200. The maximum absolute atomic E-state index is 14.4. The lowest BCUT2D eigenvalue weighted by molar-refractivity contribution is -0.137. The highest BCUT2D eigenvalue weighted by Gasteiger charge is 2.30. The van der Waals surface area contributed by atoms with E-state index in [2.05, 4.69) is 5.32 Å². The highest BCUT2D eigenvalue weighted by molar-refractivity contribution is 7.98. The lowest BCUT2D eigenvalue weighted by atomic mass is 10.0. The van der Waals surface area contributed by atoms with Crippen LogP contribution in [0.4, 0.5) is 22.0 Å². The Bertz CT molecular complexity index is 1310. The zero-order chi connectivity index (χ0) is 23.8. The average molecular weight is 477 g/mol. The maximum Gasteiger partial charge on any atom is 0.416 e. The molecule has 2 nitrogen and oxygen atoms in total. The molecule has 1 N–H and O–H groups in total. The second kappa shape index (κ2) is 9.19. The van der Waals surface area contributed by atoms with E-state index in [1.54, 1.807) is 18.2 Å². The molecule has 0 spiro atoms. The van der Waals surface area contributed by atoms with Crippen molar-refractivity contribution in [3.05, 3.63) is 100 Å². The Morgan fingerprint density at radius 2 is 1.73 bits per heavy atom. The van der Waals surface area contributed by atoms with Crippen LogP contribution >= 0.6 is 11.9 Å². The Balaban J connectivity index is 1.73. The Kier molecular flexibility index (Phi) is 6.50. The zero-order valence-electron chi connectivity index (χ0n) is 17.9. The van der Waals surface area contributed by atoms with E-state index in [1.165, 1.54) is 24.9 Å². The number of aryl methyl sites for hydroxylation is 1. The van der Waals surface area contributed by atoms with Crippen molar-refractivity contribution < 1.29 is 22.0 Å². The van der Waals surface area contributed by atoms with Crippen molar-refractivity contribution in [2.75, 3.05) is 7.05 Å². The van der Waals surface area contributed by atoms with Crippen LogP contribution in [-0.2, 0) is 19.1 Å².